The molecule has 6 heteroatoms. The molecule has 0 radical (unpaired) electrons. The highest BCUT2D eigenvalue weighted by Gasteiger charge is 2.54. The molecule has 20 heavy (non-hydrogen) atoms. The standard InChI is InChI=1S/C14H17NO4S/c1-19-14(16)13-10-7-8-11(9-10)15(13)20(17,18)12-5-3-2-4-6-12/h2-6,10-11,13H,7-9H2,1H3. The summed E-state index contributed by atoms with van der Waals surface area (Å²) in [7, 11) is -2.33. The average molecular weight is 295 g/mol. The summed E-state index contributed by atoms with van der Waals surface area (Å²) in [5.41, 5.74) is 0. The van der Waals surface area contributed by atoms with Crippen molar-refractivity contribution < 1.29 is 17.9 Å². The minimum absolute atomic E-state index is 0.0747. The number of piperidine rings is 1. The van der Waals surface area contributed by atoms with Crippen LogP contribution >= 0.6 is 0 Å². The van der Waals surface area contributed by atoms with E-state index in [1.54, 1.807) is 30.3 Å². The van der Waals surface area contributed by atoms with Gasteiger partial charge in [0, 0.05) is 6.04 Å². The van der Waals surface area contributed by atoms with Gasteiger partial charge in [-0.25, -0.2) is 8.42 Å². The van der Waals surface area contributed by atoms with Gasteiger partial charge in [-0.05, 0) is 37.3 Å². The highest BCUT2D eigenvalue weighted by atomic mass is 32.2. The number of sulfonamides is 1. The van der Waals surface area contributed by atoms with Crippen molar-refractivity contribution in [3.8, 4) is 0 Å². The number of nitrogens with zero attached hydrogens (tertiary/aromatic N) is 1. The van der Waals surface area contributed by atoms with Crippen molar-refractivity contribution in [3.63, 3.8) is 0 Å². The number of fused-ring (bicyclic) bond motifs is 2. The molecule has 5 nitrogen and oxygen atoms in total. The minimum atomic E-state index is -3.64. The van der Waals surface area contributed by atoms with Crippen LogP contribution in [0.3, 0.4) is 0 Å². The summed E-state index contributed by atoms with van der Waals surface area (Å²) < 4.78 is 31.7. The number of carbonyl (C=O) groups excluding carboxylic acids is 1. The van der Waals surface area contributed by atoms with Crippen molar-refractivity contribution in [1.82, 2.24) is 4.31 Å². The van der Waals surface area contributed by atoms with Crippen LogP contribution in [0.1, 0.15) is 19.3 Å². The van der Waals surface area contributed by atoms with E-state index in [1.807, 2.05) is 0 Å². The Morgan fingerprint density at radius 1 is 1.25 bits per heavy atom. The molecule has 108 valence electrons. The molecule has 1 aliphatic heterocycles. The van der Waals surface area contributed by atoms with Gasteiger partial charge < -0.3 is 4.74 Å². The lowest BCUT2D eigenvalue weighted by atomic mass is 10.0. The Morgan fingerprint density at radius 3 is 2.60 bits per heavy atom. The molecule has 1 aliphatic carbocycles. The van der Waals surface area contributed by atoms with Gasteiger partial charge in [0.15, 0.2) is 0 Å². The minimum Gasteiger partial charge on any atom is -0.468 e. The molecule has 2 bridgehead atoms. The first-order valence-corrected chi connectivity index (χ1v) is 8.16. The van der Waals surface area contributed by atoms with E-state index in [-0.39, 0.29) is 16.9 Å². The Bertz CT molecular complexity index is 613. The average Bonchev–Trinajstić information content (AvgIpc) is 3.08. The van der Waals surface area contributed by atoms with Gasteiger partial charge in [-0.2, -0.15) is 4.31 Å². The van der Waals surface area contributed by atoms with Gasteiger partial charge in [0.2, 0.25) is 10.0 Å². The zero-order valence-electron chi connectivity index (χ0n) is 11.2. The van der Waals surface area contributed by atoms with Crippen molar-refractivity contribution in [3.05, 3.63) is 30.3 Å². The smallest absolute Gasteiger partial charge is 0.324 e. The topological polar surface area (TPSA) is 63.7 Å². The fourth-order valence-corrected chi connectivity index (χ4v) is 5.31. The van der Waals surface area contributed by atoms with Gasteiger partial charge in [-0.1, -0.05) is 18.2 Å². The largest absolute Gasteiger partial charge is 0.468 e. The normalized spacial score (nSPS) is 29.6. The summed E-state index contributed by atoms with van der Waals surface area (Å²) in [6, 6.07) is 7.54. The van der Waals surface area contributed by atoms with Gasteiger partial charge >= 0.3 is 5.97 Å². The maximum Gasteiger partial charge on any atom is 0.324 e. The third-order valence-electron chi connectivity index (χ3n) is 4.29. The molecule has 1 saturated carbocycles. The van der Waals surface area contributed by atoms with E-state index >= 15 is 0 Å². The Labute approximate surface area is 118 Å². The predicted molar refractivity (Wildman–Crippen MR) is 72.4 cm³/mol. The van der Waals surface area contributed by atoms with Crippen LogP contribution in [-0.2, 0) is 19.6 Å². The number of esters is 1. The number of hydrogen-bond donors (Lipinski definition) is 0. The van der Waals surface area contributed by atoms with E-state index in [0.717, 1.165) is 19.3 Å². The summed E-state index contributed by atoms with van der Waals surface area (Å²) in [5, 5.41) is 0. The Kier molecular flexibility index (Phi) is 3.30. The maximum atomic E-state index is 12.8. The monoisotopic (exact) mass is 295 g/mol. The molecule has 1 aromatic rings. The van der Waals surface area contributed by atoms with E-state index < -0.39 is 22.0 Å². The van der Waals surface area contributed by atoms with E-state index in [0.29, 0.717) is 0 Å². The van der Waals surface area contributed by atoms with Crippen LogP contribution in [-0.4, -0.2) is 37.9 Å². The molecule has 3 rings (SSSR count). The van der Waals surface area contributed by atoms with Crippen LogP contribution in [0, 0.1) is 5.92 Å². The van der Waals surface area contributed by atoms with Crippen molar-refractivity contribution in [2.24, 2.45) is 5.92 Å². The zero-order valence-corrected chi connectivity index (χ0v) is 12.0. The SMILES string of the molecule is COC(=O)C1C2CCC(C2)N1S(=O)(=O)c1ccccc1. The van der Waals surface area contributed by atoms with E-state index in [1.165, 1.54) is 11.4 Å². The summed E-state index contributed by atoms with van der Waals surface area (Å²) in [5.74, 6) is -0.359. The lowest BCUT2D eigenvalue weighted by Crippen LogP contribution is -2.49. The van der Waals surface area contributed by atoms with Crippen LogP contribution < -0.4 is 0 Å². The highest BCUT2D eigenvalue weighted by molar-refractivity contribution is 7.89. The summed E-state index contributed by atoms with van der Waals surface area (Å²) >= 11 is 0. The fraction of sp³-hybridized carbons (Fsp3) is 0.500. The highest BCUT2D eigenvalue weighted by Crippen LogP contribution is 2.45. The first-order valence-electron chi connectivity index (χ1n) is 6.72. The van der Waals surface area contributed by atoms with Gasteiger partial charge in [-0.3, -0.25) is 4.79 Å². The van der Waals surface area contributed by atoms with E-state index in [9.17, 15) is 13.2 Å². The van der Waals surface area contributed by atoms with Gasteiger partial charge in [-0.15, -0.1) is 0 Å². The zero-order chi connectivity index (χ0) is 14.3. The maximum absolute atomic E-state index is 12.8. The van der Waals surface area contributed by atoms with Crippen LogP contribution in [0.15, 0.2) is 35.2 Å². The lowest BCUT2D eigenvalue weighted by molar-refractivity contribution is -0.146. The molecule has 3 unspecified atom stereocenters. The van der Waals surface area contributed by atoms with E-state index in [4.69, 9.17) is 4.74 Å². The Hall–Kier alpha value is -1.40. The molecule has 3 atom stereocenters. The molecule has 2 aliphatic rings. The molecule has 0 spiro atoms. The molecule has 0 N–H and O–H groups in total. The van der Waals surface area contributed by atoms with E-state index in [2.05, 4.69) is 0 Å². The van der Waals surface area contributed by atoms with Crippen molar-refractivity contribution in [2.45, 2.75) is 36.2 Å². The third-order valence-corrected chi connectivity index (χ3v) is 6.24. The molecule has 0 aromatic heterocycles. The Morgan fingerprint density at radius 2 is 1.95 bits per heavy atom. The second kappa shape index (κ2) is 4.86. The quantitative estimate of drug-likeness (QED) is 0.791. The van der Waals surface area contributed by atoms with Crippen molar-refractivity contribution in [2.75, 3.05) is 7.11 Å². The van der Waals surface area contributed by atoms with Gasteiger partial charge in [0.25, 0.3) is 0 Å². The second-order valence-electron chi connectivity index (χ2n) is 5.34. The molecular formula is C14H17NO4S. The third kappa shape index (κ3) is 1.94. The number of ether oxygens (including phenoxy) is 1. The molecular weight excluding hydrogens is 278 g/mol. The molecule has 2 fully saturated rings. The van der Waals surface area contributed by atoms with Crippen LogP contribution in [0.25, 0.3) is 0 Å². The molecule has 1 aromatic carbocycles. The van der Waals surface area contributed by atoms with Gasteiger partial charge in [0.1, 0.15) is 6.04 Å². The van der Waals surface area contributed by atoms with Gasteiger partial charge in [0.05, 0.1) is 12.0 Å². The fourth-order valence-electron chi connectivity index (χ4n) is 3.42. The number of benzene rings is 1. The number of rotatable bonds is 3. The number of hydrogen-bond acceptors (Lipinski definition) is 4. The Balaban J connectivity index is 2.01. The first kappa shape index (κ1) is 13.6. The molecule has 1 heterocycles. The lowest BCUT2D eigenvalue weighted by Gasteiger charge is -2.32. The summed E-state index contributed by atoms with van der Waals surface area (Å²) in [4.78, 5) is 12.2. The predicted octanol–water partition coefficient (Wildman–Crippen LogP) is 1.40. The summed E-state index contributed by atoms with van der Waals surface area (Å²) in [6.07, 6.45) is 2.47. The first-order chi connectivity index (χ1) is 9.55. The van der Waals surface area contributed by atoms with Crippen LogP contribution in [0.2, 0.25) is 0 Å². The van der Waals surface area contributed by atoms with Crippen LogP contribution in [0.4, 0.5) is 0 Å². The molecule has 0 amide bonds. The number of methoxy groups -OCH3 is 1. The summed E-state index contributed by atoms with van der Waals surface area (Å²) in [6.45, 7) is 0. The molecule has 1 saturated heterocycles. The van der Waals surface area contributed by atoms with Crippen LogP contribution in [0.5, 0.6) is 0 Å². The van der Waals surface area contributed by atoms with Crippen molar-refractivity contribution >= 4 is 16.0 Å². The second-order valence-corrected chi connectivity index (χ2v) is 7.19. The van der Waals surface area contributed by atoms with Crippen molar-refractivity contribution in [1.29, 1.82) is 0 Å². The number of carbonyl (C=O) groups is 1.